The van der Waals surface area contributed by atoms with Gasteiger partial charge in [0.2, 0.25) is 5.95 Å². The lowest BCUT2D eigenvalue weighted by molar-refractivity contribution is 0.187. The lowest BCUT2D eigenvalue weighted by Gasteiger charge is -2.38. The van der Waals surface area contributed by atoms with Crippen LogP contribution in [0.5, 0.6) is 0 Å². The van der Waals surface area contributed by atoms with E-state index in [4.69, 9.17) is 16.1 Å². The summed E-state index contributed by atoms with van der Waals surface area (Å²) < 4.78 is 14.0. The number of carbonyl (C=O) groups is 1. The Labute approximate surface area is 155 Å². The highest BCUT2D eigenvalue weighted by molar-refractivity contribution is 5.67. The predicted octanol–water partition coefficient (Wildman–Crippen LogP) is 2.36. The van der Waals surface area contributed by atoms with E-state index in [1.54, 1.807) is 18.2 Å². The van der Waals surface area contributed by atoms with Gasteiger partial charge in [0.1, 0.15) is 17.7 Å². The average molecular weight is 370 g/mol. The molecule has 8 nitrogen and oxygen atoms in total. The van der Waals surface area contributed by atoms with Gasteiger partial charge < -0.3 is 21.1 Å². The second kappa shape index (κ2) is 7.45. The summed E-state index contributed by atoms with van der Waals surface area (Å²) in [5, 5.41) is 20.3. The minimum atomic E-state index is -1.06. The van der Waals surface area contributed by atoms with Crippen molar-refractivity contribution in [2.24, 2.45) is 0 Å². The summed E-state index contributed by atoms with van der Waals surface area (Å²) in [6.45, 7) is 2.47. The van der Waals surface area contributed by atoms with Crippen molar-refractivity contribution < 1.29 is 14.3 Å². The number of piperidine rings is 1. The number of nitriles is 1. The van der Waals surface area contributed by atoms with Crippen LogP contribution in [0.15, 0.2) is 24.3 Å². The van der Waals surface area contributed by atoms with Crippen molar-refractivity contribution in [2.75, 3.05) is 17.2 Å². The first-order chi connectivity index (χ1) is 12.9. The van der Waals surface area contributed by atoms with E-state index >= 15 is 0 Å². The van der Waals surface area contributed by atoms with Crippen molar-refractivity contribution in [3.05, 3.63) is 35.6 Å². The van der Waals surface area contributed by atoms with E-state index in [1.807, 2.05) is 11.8 Å². The molecule has 4 N–H and O–H groups in total. The molecule has 140 valence electrons. The smallest absolute Gasteiger partial charge is 0.404 e. The number of amides is 1. The molecule has 0 aliphatic carbocycles. The summed E-state index contributed by atoms with van der Waals surface area (Å²) in [5.74, 6) is -0.0507. The fourth-order valence-electron chi connectivity index (χ4n) is 3.23. The third-order valence-electron chi connectivity index (χ3n) is 4.62. The quantitative estimate of drug-likeness (QED) is 0.756. The van der Waals surface area contributed by atoms with Crippen LogP contribution < -0.4 is 16.0 Å². The van der Waals surface area contributed by atoms with Gasteiger partial charge in [-0.15, -0.1) is 0 Å². The van der Waals surface area contributed by atoms with Crippen molar-refractivity contribution in [3.8, 4) is 17.3 Å². The number of aromatic nitrogens is 2. The highest BCUT2D eigenvalue weighted by atomic mass is 19.1. The summed E-state index contributed by atoms with van der Waals surface area (Å²) in [7, 11) is 0. The minimum absolute atomic E-state index is 0.0350. The van der Waals surface area contributed by atoms with Crippen molar-refractivity contribution in [3.63, 3.8) is 0 Å². The Morgan fingerprint density at radius 1 is 1.41 bits per heavy atom. The van der Waals surface area contributed by atoms with Gasteiger partial charge in [0.05, 0.1) is 11.3 Å². The fraction of sp³-hybridized carbons (Fsp3) is 0.333. The lowest BCUT2D eigenvalue weighted by atomic mass is 9.99. The van der Waals surface area contributed by atoms with Crippen LogP contribution in [0.3, 0.4) is 0 Å². The molecule has 2 heterocycles. The van der Waals surface area contributed by atoms with Gasteiger partial charge in [0.25, 0.3) is 0 Å². The maximum absolute atomic E-state index is 14.0. The monoisotopic (exact) mass is 370 g/mol. The largest absolute Gasteiger partial charge is 0.465 e. The number of anilines is 2. The first-order valence-corrected chi connectivity index (χ1v) is 8.48. The molecule has 1 amide bonds. The van der Waals surface area contributed by atoms with E-state index < -0.39 is 11.9 Å². The van der Waals surface area contributed by atoms with Gasteiger partial charge in [0, 0.05) is 30.3 Å². The average Bonchev–Trinajstić information content (AvgIpc) is 2.62. The first kappa shape index (κ1) is 18.4. The first-order valence-electron chi connectivity index (χ1n) is 8.48. The maximum atomic E-state index is 14.0. The molecule has 2 atom stereocenters. The van der Waals surface area contributed by atoms with Crippen molar-refractivity contribution >= 4 is 17.9 Å². The number of benzene rings is 1. The normalized spacial score (nSPS) is 19.4. The van der Waals surface area contributed by atoms with Crippen molar-refractivity contribution in [2.45, 2.75) is 31.8 Å². The Morgan fingerprint density at radius 3 is 2.85 bits per heavy atom. The molecule has 1 aliphatic heterocycles. The van der Waals surface area contributed by atoms with Crippen LogP contribution >= 0.6 is 0 Å². The number of hydrogen-bond donors (Lipinski definition) is 3. The summed E-state index contributed by atoms with van der Waals surface area (Å²) in [6.07, 6.45) is 0.457. The zero-order valence-corrected chi connectivity index (χ0v) is 14.7. The third kappa shape index (κ3) is 4.06. The molecule has 0 bridgehead atoms. The Morgan fingerprint density at radius 2 is 2.19 bits per heavy atom. The molecular formula is C18H19FN6O2. The highest BCUT2D eigenvalue weighted by Crippen LogP contribution is 2.28. The Kier molecular flexibility index (Phi) is 5.07. The van der Waals surface area contributed by atoms with Crippen LogP contribution in [0.1, 0.15) is 25.3 Å². The van der Waals surface area contributed by atoms with Crippen LogP contribution in [0, 0.1) is 17.1 Å². The molecule has 0 spiro atoms. The molecule has 0 saturated carbocycles. The van der Waals surface area contributed by atoms with Crippen LogP contribution in [0.2, 0.25) is 0 Å². The third-order valence-corrected chi connectivity index (χ3v) is 4.62. The van der Waals surface area contributed by atoms with Gasteiger partial charge in [-0.3, -0.25) is 0 Å². The van der Waals surface area contributed by atoms with E-state index in [1.165, 1.54) is 12.1 Å². The number of carboxylic acid groups (broad SMARTS) is 1. The van der Waals surface area contributed by atoms with E-state index in [2.05, 4.69) is 15.3 Å². The molecule has 3 rings (SSSR count). The van der Waals surface area contributed by atoms with Gasteiger partial charge in [-0.1, -0.05) is 6.07 Å². The number of hydrogen-bond acceptors (Lipinski definition) is 6. The number of nitrogens with two attached hydrogens (primary N) is 1. The summed E-state index contributed by atoms with van der Waals surface area (Å²) in [6, 6.07) is 7.61. The molecular weight excluding hydrogens is 351 g/mol. The molecule has 1 saturated heterocycles. The molecule has 1 aromatic heterocycles. The molecule has 27 heavy (non-hydrogen) atoms. The molecule has 1 fully saturated rings. The number of nitrogens with zero attached hydrogens (tertiary/aromatic N) is 4. The zero-order valence-electron chi connectivity index (χ0n) is 14.7. The standard InChI is InChI=1S/C18H19FN6O2/c1-10-2-5-13(22-18(26)27)9-25(10)16-7-15(23-17(21)24-16)11-3-4-12(8-20)14(19)6-11/h3-4,6-7,10,13,22H,2,5,9H2,1H3,(H,26,27)(H2,21,23,24)/t10-,13+/m0/s1. The summed E-state index contributed by atoms with van der Waals surface area (Å²) >= 11 is 0. The SMILES string of the molecule is C[C@H]1CC[C@@H](NC(=O)O)CN1c1cc(-c2ccc(C#N)c(F)c2)nc(N)n1. The number of nitrogen functional groups attached to an aromatic ring is 1. The van der Waals surface area contributed by atoms with E-state index in [-0.39, 0.29) is 23.6 Å². The van der Waals surface area contributed by atoms with Gasteiger partial charge in [-0.05, 0) is 31.9 Å². The number of halogens is 1. The van der Waals surface area contributed by atoms with Gasteiger partial charge in [-0.2, -0.15) is 10.2 Å². The van der Waals surface area contributed by atoms with E-state index in [0.29, 0.717) is 23.6 Å². The summed E-state index contributed by atoms with van der Waals surface area (Å²) in [4.78, 5) is 21.3. The fourth-order valence-corrected chi connectivity index (χ4v) is 3.23. The van der Waals surface area contributed by atoms with E-state index in [9.17, 15) is 9.18 Å². The van der Waals surface area contributed by atoms with Crippen molar-refractivity contribution in [1.29, 1.82) is 5.26 Å². The van der Waals surface area contributed by atoms with Crippen LogP contribution in [0.4, 0.5) is 21.0 Å². The van der Waals surface area contributed by atoms with Crippen molar-refractivity contribution in [1.82, 2.24) is 15.3 Å². The van der Waals surface area contributed by atoms with Gasteiger partial charge in [0.15, 0.2) is 0 Å². The number of nitrogens with one attached hydrogen (secondary N) is 1. The second-order valence-electron chi connectivity index (χ2n) is 6.50. The number of rotatable bonds is 3. The summed E-state index contributed by atoms with van der Waals surface area (Å²) in [5.41, 5.74) is 6.72. The van der Waals surface area contributed by atoms with Gasteiger partial charge >= 0.3 is 6.09 Å². The molecule has 0 unspecified atom stereocenters. The predicted molar refractivity (Wildman–Crippen MR) is 97.5 cm³/mol. The Bertz CT molecular complexity index is 913. The van der Waals surface area contributed by atoms with E-state index in [0.717, 1.165) is 12.8 Å². The van der Waals surface area contributed by atoms with Crippen LogP contribution in [-0.4, -0.2) is 39.8 Å². The molecule has 1 aliphatic rings. The zero-order chi connectivity index (χ0) is 19.6. The minimum Gasteiger partial charge on any atom is -0.465 e. The Hall–Kier alpha value is -3.41. The molecule has 2 aromatic rings. The second-order valence-corrected chi connectivity index (χ2v) is 6.50. The molecule has 1 aromatic carbocycles. The van der Waals surface area contributed by atoms with Gasteiger partial charge in [-0.25, -0.2) is 14.2 Å². The Balaban J connectivity index is 1.94. The topological polar surface area (TPSA) is 128 Å². The highest BCUT2D eigenvalue weighted by Gasteiger charge is 2.28. The maximum Gasteiger partial charge on any atom is 0.404 e. The molecule has 0 radical (unpaired) electrons. The molecule has 9 heteroatoms. The lowest BCUT2D eigenvalue weighted by Crippen LogP contribution is -2.51. The van der Waals surface area contributed by atoms with Crippen LogP contribution in [-0.2, 0) is 0 Å². The van der Waals surface area contributed by atoms with Crippen LogP contribution in [0.25, 0.3) is 11.3 Å².